The van der Waals surface area contributed by atoms with E-state index >= 15 is 0 Å². The molecule has 3 saturated carbocycles. The third kappa shape index (κ3) is 3.22. The van der Waals surface area contributed by atoms with Crippen LogP contribution in [0.3, 0.4) is 0 Å². The second-order valence-electron chi connectivity index (χ2n) is 8.51. The third-order valence-electron chi connectivity index (χ3n) is 6.86. The summed E-state index contributed by atoms with van der Waals surface area (Å²) in [6.45, 7) is 0.561. The molecule has 4 aliphatic rings. The molecule has 6 rings (SSSR count). The van der Waals surface area contributed by atoms with E-state index in [2.05, 4.69) is 10.6 Å². The Bertz CT molecular complexity index is 957. The molecule has 0 saturated heterocycles. The van der Waals surface area contributed by atoms with Crippen LogP contribution in [0.2, 0.25) is 0 Å². The minimum atomic E-state index is -0.732. The van der Waals surface area contributed by atoms with Crippen molar-refractivity contribution in [3.05, 3.63) is 47.9 Å². The summed E-state index contributed by atoms with van der Waals surface area (Å²) in [7, 11) is 1.60. The molecule has 158 valence electrons. The predicted octanol–water partition coefficient (Wildman–Crippen LogP) is 2.90. The quantitative estimate of drug-likeness (QED) is 0.791. The van der Waals surface area contributed by atoms with Crippen molar-refractivity contribution in [2.45, 2.75) is 37.8 Å². The van der Waals surface area contributed by atoms with Crippen molar-refractivity contribution in [2.24, 2.45) is 17.8 Å². The molecule has 2 N–H and O–H groups in total. The molecule has 2 heterocycles. The van der Waals surface area contributed by atoms with Crippen LogP contribution in [-0.4, -0.2) is 31.2 Å². The molecule has 1 aromatic carbocycles. The lowest BCUT2D eigenvalue weighted by atomic mass is 9.60. The van der Waals surface area contributed by atoms with Crippen LogP contribution in [0.15, 0.2) is 41.0 Å². The molecule has 2 amide bonds. The van der Waals surface area contributed by atoms with E-state index < -0.39 is 5.72 Å². The summed E-state index contributed by atoms with van der Waals surface area (Å²) in [6.07, 6.45) is 5.62. The van der Waals surface area contributed by atoms with E-state index in [1.165, 1.54) is 0 Å². The van der Waals surface area contributed by atoms with Gasteiger partial charge in [-0.3, -0.25) is 9.59 Å². The molecule has 2 aromatic rings. The number of carbonyl (C=O) groups excluding carboxylic acids is 2. The molecule has 7 nitrogen and oxygen atoms in total. The highest BCUT2D eigenvalue weighted by Crippen LogP contribution is 2.52. The fraction of sp³-hybridized carbons (Fsp3) is 0.478. The fourth-order valence-corrected chi connectivity index (χ4v) is 5.33. The first-order valence-electron chi connectivity index (χ1n) is 10.6. The van der Waals surface area contributed by atoms with Gasteiger partial charge in [0.25, 0.3) is 5.91 Å². The van der Waals surface area contributed by atoms with Gasteiger partial charge < -0.3 is 24.5 Å². The van der Waals surface area contributed by atoms with Crippen LogP contribution in [0.4, 0.5) is 0 Å². The minimum absolute atomic E-state index is 0.0433. The molecule has 3 fully saturated rings. The summed E-state index contributed by atoms with van der Waals surface area (Å²) in [5.74, 6) is 2.31. The Hall–Kier alpha value is -2.96. The maximum atomic E-state index is 12.8. The maximum absolute atomic E-state index is 12.8. The van der Waals surface area contributed by atoms with E-state index in [0.29, 0.717) is 36.4 Å². The Morgan fingerprint density at radius 3 is 2.97 bits per heavy atom. The van der Waals surface area contributed by atoms with Crippen molar-refractivity contribution in [3.63, 3.8) is 0 Å². The zero-order valence-electron chi connectivity index (χ0n) is 17.0. The van der Waals surface area contributed by atoms with Crippen molar-refractivity contribution in [1.29, 1.82) is 0 Å². The Labute approximate surface area is 175 Å². The summed E-state index contributed by atoms with van der Waals surface area (Å²) in [5, 5.41) is 6.19. The number of ether oxygens (including phenoxy) is 2. The lowest BCUT2D eigenvalue weighted by Crippen LogP contribution is -2.67. The van der Waals surface area contributed by atoms with Gasteiger partial charge in [-0.05, 0) is 49.4 Å². The highest BCUT2D eigenvalue weighted by molar-refractivity contribution is 5.98. The highest BCUT2D eigenvalue weighted by Gasteiger charge is 2.57. The lowest BCUT2D eigenvalue weighted by Gasteiger charge is -2.55. The smallest absolute Gasteiger partial charge is 0.258 e. The largest absolute Gasteiger partial charge is 0.497 e. The van der Waals surface area contributed by atoms with Crippen LogP contribution in [0, 0.1) is 17.8 Å². The summed E-state index contributed by atoms with van der Waals surface area (Å²) in [4.78, 5) is 25.6. The van der Waals surface area contributed by atoms with Gasteiger partial charge in [0, 0.05) is 37.3 Å². The number of benzene rings is 1. The molecule has 0 radical (unpaired) electrons. The van der Waals surface area contributed by atoms with Crippen LogP contribution in [0.25, 0.3) is 0 Å². The van der Waals surface area contributed by atoms with Crippen molar-refractivity contribution in [1.82, 2.24) is 10.6 Å². The number of furan rings is 1. The first-order chi connectivity index (χ1) is 14.6. The van der Waals surface area contributed by atoms with Crippen molar-refractivity contribution in [2.75, 3.05) is 13.7 Å². The summed E-state index contributed by atoms with van der Waals surface area (Å²) in [5.41, 5.74) is -0.209. The minimum Gasteiger partial charge on any atom is -0.497 e. The molecular weight excluding hydrogens is 384 g/mol. The molecule has 4 atom stereocenters. The molecule has 1 aliphatic heterocycles. The Kier molecular flexibility index (Phi) is 4.68. The topological polar surface area (TPSA) is 89.8 Å². The second kappa shape index (κ2) is 7.38. The van der Waals surface area contributed by atoms with Gasteiger partial charge in [-0.2, -0.15) is 0 Å². The normalized spacial score (nSPS) is 29.1. The summed E-state index contributed by atoms with van der Waals surface area (Å²) in [6, 6.07) is 9.02. The number of methoxy groups -OCH3 is 1. The second-order valence-corrected chi connectivity index (χ2v) is 8.51. The zero-order chi connectivity index (χ0) is 20.7. The van der Waals surface area contributed by atoms with Gasteiger partial charge in [0.1, 0.15) is 17.3 Å². The van der Waals surface area contributed by atoms with Crippen LogP contribution >= 0.6 is 0 Å². The summed E-state index contributed by atoms with van der Waals surface area (Å²) >= 11 is 0. The monoisotopic (exact) mass is 410 g/mol. The first kappa shape index (κ1) is 19.0. The Morgan fingerprint density at radius 2 is 2.23 bits per heavy atom. The van der Waals surface area contributed by atoms with E-state index in [4.69, 9.17) is 13.9 Å². The average molecular weight is 410 g/mol. The van der Waals surface area contributed by atoms with Gasteiger partial charge in [0.05, 0.1) is 18.9 Å². The van der Waals surface area contributed by atoms with E-state index in [1.807, 2.05) is 12.1 Å². The number of rotatable bonds is 5. The van der Waals surface area contributed by atoms with E-state index in [9.17, 15) is 9.59 Å². The van der Waals surface area contributed by atoms with Crippen LogP contribution in [0.5, 0.6) is 11.5 Å². The van der Waals surface area contributed by atoms with Gasteiger partial charge >= 0.3 is 0 Å². The van der Waals surface area contributed by atoms with Gasteiger partial charge in [-0.15, -0.1) is 0 Å². The van der Waals surface area contributed by atoms with Crippen LogP contribution in [0.1, 0.15) is 41.8 Å². The molecule has 1 spiro atoms. The van der Waals surface area contributed by atoms with E-state index in [-0.39, 0.29) is 29.6 Å². The fourth-order valence-electron chi connectivity index (χ4n) is 5.33. The van der Waals surface area contributed by atoms with Gasteiger partial charge in [0.2, 0.25) is 5.91 Å². The molecule has 2 bridgehead atoms. The SMILES string of the molecule is COc1ccc2c(c1)O[C@@]1(C[C@H]3CC[C@H]1C[C@H]3C(=O)NCCc1ccco1)NC2=O. The standard InChI is InChI=1S/C23H26N2O5/c1-28-17-6-7-18-20(12-17)30-23(25-22(18)27)13-14-4-5-15(23)11-19(14)21(26)24-9-8-16-3-2-10-29-16/h2-3,6-7,10,12,14-15,19H,4-5,8-9,11,13H2,1H3,(H,24,26)(H,25,27)/t14-,15+,19-,23-/m1/s1. The van der Waals surface area contributed by atoms with Gasteiger partial charge in [-0.25, -0.2) is 0 Å². The maximum Gasteiger partial charge on any atom is 0.258 e. The van der Waals surface area contributed by atoms with Crippen molar-refractivity contribution >= 4 is 11.8 Å². The average Bonchev–Trinajstić information content (AvgIpc) is 3.27. The number of hydrogen-bond donors (Lipinski definition) is 2. The van der Waals surface area contributed by atoms with E-state index in [0.717, 1.165) is 25.0 Å². The van der Waals surface area contributed by atoms with Crippen molar-refractivity contribution < 1.29 is 23.5 Å². The zero-order valence-corrected chi connectivity index (χ0v) is 17.0. The van der Waals surface area contributed by atoms with Crippen LogP contribution in [-0.2, 0) is 11.2 Å². The Morgan fingerprint density at radius 1 is 1.33 bits per heavy atom. The van der Waals surface area contributed by atoms with Crippen molar-refractivity contribution in [3.8, 4) is 11.5 Å². The third-order valence-corrected chi connectivity index (χ3v) is 6.86. The number of carbonyl (C=O) groups is 2. The van der Waals surface area contributed by atoms with E-state index in [1.54, 1.807) is 31.6 Å². The summed E-state index contributed by atoms with van der Waals surface area (Å²) < 4.78 is 17.0. The van der Waals surface area contributed by atoms with Gasteiger partial charge in [-0.1, -0.05) is 0 Å². The molecule has 1 aromatic heterocycles. The molecule has 0 unspecified atom stereocenters. The molecule has 30 heavy (non-hydrogen) atoms. The van der Waals surface area contributed by atoms with Gasteiger partial charge in [0.15, 0.2) is 5.72 Å². The lowest BCUT2D eigenvalue weighted by molar-refractivity contribution is -0.146. The first-order valence-corrected chi connectivity index (χ1v) is 10.6. The number of fused-ring (bicyclic) bond motifs is 3. The number of hydrogen-bond acceptors (Lipinski definition) is 5. The molecule has 7 heteroatoms. The van der Waals surface area contributed by atoms with Crippen LogP contribution < -0.4 is 20.1 Å². The number of amides is 2. The Balaban J connectivity index is 1.28. The number of nitrogens with one attached hydrogen (secondary N) is 2. The highest BCUT2D eigenvalue weighted by atomic mass is 16.5. The molecular formula is C23H26N2O5. The molecule has 3 aliphatic carbocycles. The predicted molar refractivity (Wildman–Crippen MR) is 108 cm³/mol.